The molecule has 1 heterocycles. The second-order valence-electron chi connectivity index (χ2n) is 6.06. The number of carbonyl (C=O) groups is 3. The Hall–Kier alpha value is -2.41. The SMILES string of the molecule is CCC(N)(CC)CNC(=O)c1ccc(N2NC(=O)CCC2=O)cc1. The number of nitrogens with two attached hydrogens (primary N) is 1. The summed E-state index contributed by atoms with van der Waals surface area (Å²) < 4.78 is 0. The smallest absolute Gasteiger partial charge is 0.251 e. The molecule has 3 amide bonds. The molecule has 0 unspecified atom stereocenters. The molecule has 0 aliphatic carbocycles. The molecular formula is C17H24N4O3. The van der Waals surface area contributed by atoms with Crippen molar-refractivity contribution in [2.45, 2.75) is 45.1 Å². The van der Waals surface area contributed by atoms with Gasteiger partial charge in [-0.05, 0) is 37.1 Å². The van der Waals surface area contributed by atoms with Crippen LogP contribution in [0, 0.1) is 0 Å². The lowest BCUT2D eigenvalue weighted by molar-refractivity contribution is -0.130. The van der Waals surface area contributed by atoms with Gasteiger partial charge in [0.2, 0.25) is 11.8 Å². The number of nitrogens with one attached hydrogen (secondary N) is 2. The fourth-order valence-electron chi connectivity index (χ4n) is 2.40. The van der Waals surface area contributed by atoms with Gasteiger partial charge in [0.1, 0.15) is 0 Å². The number of hydrazine groups is 1. The van der Waals surface area contributed by atoms with Gasteiger partial charge in [-0.3, -0.25) is 19.8 Å². The minimum Gasteiger partial charge on any atom is -0.350 e. The van der Waals surface area contributed by atoms with E-state index in [4.69, 9.17) is 5.73 Å². The second-order valence-corrected chi connectivity index (χ2v) is 6.06. The molecule has 1 aliphatic heterocycles. The normalized spacial score (nSPS) is 15.2. The van der Waals surface area contributed by atoms with Gasteiger partial charge in [-0.1, -0.05) is 13.8 Å². The van der Waals surface area contributed by atoms with Crippen molar-refractivity contribution in [3.05, 3.63) is 29.8 Å². The van der Waals surface area contributed by atoms with E-state index < -0.39 is 5.54 Å². The summed E-state index contributed by atoms with van der Waals surface area (Å²) in [6.45, 7) is 4.39. The third-order valence-electron chi connectivity index (χ3n) is 4.45. The van der Waals surface area contributed by atoms with E-state index in [9.17, 15) is 14.4 Å². The van der Waals surface area contributed by atoms with Gasteiger partial charge in [-0.25, -0.2) is 5.01 Å². The molecule has 7 nitrogen and oxygen atoms in total. The van der Waals surface area contributed by atoms with Crippen molar-refractivity contribution in [2.24, 2.45) is 5.73 Å². The van der Waals surface area contributed by atoms with E-state index >= 15 is 0 Å². The van der Waals surface area contributed by atoms with Crippen LogP contribution in [0.3, 0.4) is 0 Å². The zero-order valence-corrected chi connectivity index (χ0v) is 14.1. The van der Waals surface area contributed by atoms with Crippen LogP contribution in [0.2, 0.25) is 0 Å². The van der Waals surface area contributed by atoms with Crippen LogP contribution >= 0.6 is 0 Å². The molecule has 1 saturated heterocycles. The second kappa shape index (κ2) is 7.44. The summed E-state index contributed by atoms with van der Waals surface area (Å²) in [7, 11) is 0. The van der Waals surface area contributed by atoms with Crippen molar-refractivity contribution in [3.63, 3.8) is 0 Å². The van der Waals surface area contributed by atoms with Crippen LogP contribution in [0.5, 0.6) is 0 Å². The lowest BCUT2D eigenvalue weighted by Gasteiger charge is -2.27. The number of nitrogens with zero attached hydrogens (tertiary/aromatic N) is 1. The van der Waals surface area contributed by atoms with Gasteiger partial charge < -0.3 is 11.1 Å². The summed E-state index contributed by atoms with van der Waals surface area (Å²) in [6.07, 6.45) is 1.94. The molecule has 1 aromatic carbocycles. The first-order chi connectivity index (χ1) is 11.4. The van der Waals surface area contributed by atoms with Crippen LogP contribution in [-0.2, 0) is 9.59 Å². The van der Waals surface area contributed by atoms with Crippen molar-refractivity contribution in [1.29, 1.82) is 0 Å². The largest absolute Gasteiger partial charge is 0.350 e. The van der Waals surface area contributed by atoms with E-state index in [-0.39, 0.29) is 30.6 Å². The fourth-order valence-corrected chi connectivity index (χ4v) is 2.40. The summed E-state index contributed by atoms with van der Waals surface area (Å²) in [5, 5.41) is 4.06. The van der Waals surface area contributed by atoms with Crippen LogP contribution in [0.1, 0.15) is 49.9 Å². The number of amides is 3. The van der Waals surface area contributed by atoms with E-state index in [1.54, 1.807) is 24.3 Å². The average Bonchev–Trinajstić information content (AvgIpc) is 2.61. The molecule has 1 aromatic rings. The van der Waals surface area contributed by atoms with E-state index in [1.165, 1.54) is 5.01 Å². The van der Waals surface area contributed by atoms with Gasteiger partial charge in [-0.15, -0.1) is 0 Å². The first kappa shape index (κ1) is 17.9. The first-order valence-corrected chi connectivity index (χ1v) is 8.18. The Balaban J connectivity index is 2.02. The van der Waals surface area contributed by atoms with Crippen LogP contribution < -0.4 is 21.5 Å². The Bertz CT molecular complexity index is 623. The minimum atomic E-state index is -0.403. The molecule has 130 valence electrons. The summed E-state index contributed by atoms with van der Waals surface area (Å²) in [4.78, 5) is 35.5. The number of carbonyl (C=O) groups excluding carboxylic acids is 3. The zero-order valence-electron chi connectivity index (χ0n) is 14.1. The van der Waals surface area contributed by atoms with Crippen molar-refractivity contribution >= 4 is 23.4 Å². The zero-order chi connectivity index (χ0) is 17.7. The highest BCUT2D eigenvalue weighted by molar-refractivity contribution is 6.01. The molecule has 1 fully saturated rings. The highest BCUT2D eigenvalue weighted by atomic mass is 16.2. The first-order valence-electron chi connectivity index (χ1n) is 8.18. The number of hydrogen-bond donors (Lipinski definition) is 3. The number of rotatable bonds is 6. The Morgan fingerprint density at radius 3 is 2.42 bits per heavy atom. The van der Waals surface area contributed by atoms with Gasteiger partial charge in [0.25, 0.3) is 5.91 Å². The van der Waals surface area contributed by atoms with E-state index in [1.807, 2.05) is 13.8 Å². The van der Waals surface area contributed by atoms with Crippen LogP contribution in [0.4, 0.5) is 5.69 Å². The summed E-state index contributed by atoms with van der Waals surface area (Å²) in [5.41, 5.74) is 9.29. The third kappa shape index (κ3) is 4.11. The standard InChI is InChI=1S/C17H24N4O3/c1-3-17(18,4-2)11-19-16(24)12-5-7-13(8-6-12)21-15(23)10-9-14(22)20-21/h5-8H,3-4,9-11,18H2,1-2H3,(H,19,24)(H,20,22). The minimum absolute atomic E-state index is 0.175. The predicted molar refractivity (Wildman–Crippen MR) is 91.1 cm³/mol. The molecule has 0 spiro atoms. The van der Waals surface area contributed by atoms with Gasteiger partial charge in [-0.2, -0.15) is 0 Å². The highest BCUT2D eigenvalue weighted by Crippen LogP contribution is 2.18. The van der Waals surface area contributed by atoms with E-state index in [2.05, 4.69) is 10.7 Å². The molecule has 0 radical (unpaired) electrons. The number of anilines is 1. The van der Waals surface area contributed by atoms with Gasteiger partial charge in [0.15, 0.2) is 0 Å². The number of hydrogen-bond acceptors (Lipinski definition) is 4. The molecule has 2 rings (SSSR count). The van der Waals surface area contributed by atoms with Crippen LogP contribution in [0.25, 0.3) is 0 Å². The average molecular weight is 332 g/mol. The molecule has 0 saturated carbocycles. The fraction of sp³-hybridized carbons (Fsp3) is 0.471. The summed E-state index contributed by atoms with van der Waals surface area (Å²) >= 11 is 0. The quantitative estimate of drug-likeness (QED) is 0.725. The molecule has 7 heteroatoms. The highest BCUT2D eigenvalue weighted by Gasteiger charge is 2.25. The molecule has 0 atom stereocenters. The Morgan fingerprint density at radius 1 is 1.21 bits per heavy atom. The monoisotopic (exact) mass is 332 g/mol. The number of benzene rings is 1. The Kier molecular flexibility index (Phi) is 5.56. The maximum atomic E-state index is 12.2. The van der Waals surface area contributed by atoms with Crippen molar-refractivity contribution in [1.82, 2.24) is 10.7 Å². The third-order valence-corrected chi connectivity index (χ3v) is 4.45. The maximum absolute atomic E-state index is 12.2. The molecule has 24 heavy (non-hydrogen) atoms. The topological polar surface area (TPSA) is 105 Å². The molecular weight excluding hydrogens is 308 g/mol. The van der Waals surface area contributed by atoms with Crippen molar-refractivity contribution in [2.75, 3.05) is 11.6 Å². The summed E-state index contributed by atoms with van der Waals surface area (Å²) in [5.74, 6) is -0.590. The van der Waals surface area contributed by atoms with Crippen molar-refractivity contribution in [3.8, 4) is 0 Å². The van der Waals surface area contributed by atoms with Crippen molar-refractivity contribution < 1.29 is 14.4 Å². The maximum Gasteiger partial charge on any atom is 0.251 e. The lowest BCUT2D eigenvalue weighted by Crippen LogP contribution is -2.50. The lowest BCUT2D eigenvalue weighted by atomic mass is 9.94. The molecule has 0 bridgehead atoms. The predicted octanol–water partition coefficient (Wildman–Crippen LogP) is 1.09. The Morgan fingerprint density at radius 2 is 1.83 bits per heavy atom. The molecule has 0 aromatic heterocycles. The van der Waals surface area contributed by atoms with Gasteiger partial charge in [0, 0.05) is 30.5 Å². The molecule has 1 aliphatic rings. The van der Waals surface area contributed by atoms with Crippen LogP contribution in [0.15, 0.2) is 24.3 Å². The summed E-state index contributed by atoms with van der Waals surface area (Å²) in [6, 6.07) is 6.51. The molecule has 4 N–H and O–H groups in total. The van der Waals surface area contributed by atoms with Crippen LogP contribution in [-0.4, -0.2) is 29.8 Å². The van der Waals surface area contributed by atoms with E-state index in [0.717, 1.165) is 12.8 Å². The van der Waals surface area contributed by atoms with Gasteiger partial charge >= 0.3 is 0 Å². The van der Waals surface area contributed by atoms with Gasteiger partial charge in [0.05, 0.1) is 5.69 Å². The Labute approximate surface area is 141 Å². The van der Waals surface area contributed by atoms with E-state index in [0.29, 0.717) is 17.8 Å².